The summed E-state index contributed by atoms with van der Waals surface area (Å²) >= 11 is 0. The van der Waals surface area contributed by atoms with Crippen LogP contribution in [0, 0.1) is 11.8 Å². The lowest BCUT2D eigenvalue weighted by Crippen LogP contribution is -2.38. The molecule has 0 spiro atoms. The number of hydrogen-bond acceptors (Lipinski definition) is 3. The maximum atomic E-state index is 5.76. The van der Waals surface area contributed by atoms with E-state index >= 15 is 0 Å². The number of nitrogens with one attached hydrogen (secondary N) is 2. The van der Waals surface area contributed by atoms with E-state index in [4.69, 9.17) is 14.5 Å². The summed E-state index contributed by atoms with van der Waals surface area (Å²) in [5, 5.41) is 6.82. The van der Waals surface area contributed by atoms with Gasteiger partial charge in [0.1, 0.15) is 0 Å². The molecule has 25 heavy (non-hydrogen) atoms. The summed E-state index contributed by atoms with van der Waals surface area (Å²) < 4.78 is 11.1. The molecule has 5 heteroatoms. The molecule has 5 nitrogen and oxygen atoms in total. The molecule has 1 aliphatic carbocycles. The molecule has 2 fully saturated rings. The highest BCUT2D eigenvalue weighted by molar-refractivity contribution is 5.79. The number of nitrogens with zero attached hydrogens (tertiary/aromatic N) is 1. The van der Waals surface area contributed by atoms with Gasteiger partial charge in [-0.2, -0.15) is 0 Å². The largest absolute Gasteiger partial charge is 0.381 e. The Morgan fingerprint density at radius 1 is 1.04 bits per heavy atom. The summed E-state index contributed by atoms with van der Waals surface area (Å²) in [5.74, 6) is 2.34. The fraction of sp³-hybridized carbons (Fsp3) is 0.950. The molecule has 0 radical (unpaired) electrons. The second-order valence-corrected chi connectivity index (χ2v) is 7.52. The Kier molecular flexibility index (Phi) is 11.0. The molecule has 1 unspecified atom stereocenters. The van der Waals surface area contributed by atoms with E-state index in [1.54, 1.807) is 0 Å². The van der Waals surface area contributed by atoms with Crippen molar-refractivity contribution in [2.24, 2.45) is 16.8 Å². The van der Waals surface area contributed by atoms with E-state index in [0.29, 0.717) is 5.92 Å². The number of hydrogen-bond donors (Lipinski definition) is 2. The zero-order valence-electron chi connectivity index (χ0n) is 16.2. The lowest BCUT2D eigenvalue weighted by Gasteiger charge is -2.19. The summed E-state index contributed by atoms with van der Waals surface area (Å²) in [5.41, 5.74) is 0. The van der Waals surface area contributed by atoms with Gasteiger partial charge in [0.2, 0.25) is 0 Å². The topological polar surface area (TPSA) is 54.9 Å². The maximum Gasteiger partial charge on any atom is 0.191 e. The van der Waals surface area contributed by atoms with Gasteiger partial charge >= 0.3 is 0 Å². The summed E-state index contributed by atoms with van der Waals surface area (Å²) in [7, 11) is 0. The van der Waals surface area contributed by atoms with Gasteiger partial charge in [-0.25, -0.2) is 0 Å². The van der Waals surface area contributed by atoms with E-state index in [1.165, 1.54) is 44.9 Å². The second kappa shape index (κ2) is 13.4. The fourth-order valence-electron chi connectivity index (χ4n) is 3.63. The third-order valence-electron chi connectivity index (χ3n) is 5.21. The quantitative estimate of drug-likeness (QED) is 0.379. The van der Waals surface area contributed by atoms with Crippen LogP contribution in [0.3, 0.4) is 0 Å². The van der Waals surface area contributed by atoms with Crippen LogP contribution >= 0.6 is 0 Å². The molecular formula is C20H39N3O2. The average Bonchev–Trinajstić information content (AvgIpc) is 3.10. The number of guanidine groups is 1. The third-order valence-corrected chi connectivity index (χ3v) is 5.21. The van der Waals surface area contributed by atoms with Crippen molar-refractivity contribution in [2.45, 2.75) is 64.7 Å². The Balaban J connectivity index is 1.57. The van der Waals surface area contributed by atoms with Gasteiger partial charge in [0.05, 0.1) is 13.2 Å². The van der Waals surface area contributed by atoms with Crippen LogP contribution in [0.25, 0.3) is 0 Å². The third kappa shape index (κ3) is 9.45. The van der Waals surface area contributed by atoms with Gasteiger partial charge in [-0.3, -0.25) is 4.99 Å². The molecule has 0 bridgehead atoms. The van der Waals surface area contributed by atoms with Gasteiger partial charge in [0, 0.05) is 38.8 Å². The van der Waals surface area contributed by atoms with Gasteiger partial charge in [0.25, 0.3) is 0 Å². The minimum atomic E-state index is 0.607. The Hall–Kier alpha value is -0.810. The highest BCUT2D eigenvalue weighted by atomic mass is 16.5. The molecule has 0 aromatic carbocycles. The summed E-state index contributed by atoms with van der Waals surface area (Å²) in [6.45, 7) is 8.34. The molecule has 1 heterocycles. The zero-order valence-corrected chi connectivity index (χ0v) is 16.2. The minimum Gasteiger partial charge on any atom is -0.381 e. The van der Waals surface area contributed by atoms with Crippen LogP contribution in [-0.2, 0) is 9.47 Å². The van der Waals surface area contributed by atoms with Gasteiger partial charge in [-0.15, -0.1) is 0 Å². The highest BCUT2D eigenvalue weighted by Crippen LogP contribution is 2.22. The summed E-state index contributed by atoms with van der Waals surface area (Å²) in [6.07, 6.45) is 11.9. The van der Waals surface area contributed by atoms with Gasteiger partial charge < -0.3 is 20.1 Å². The van der Waals surface area contributed by atoms with Gasteiger partial charge in [-0.1, -0.05) is 32.1 Å². The van der Waals surface area contributed by atoms with Crippen molar-refractivity contribution in [1.29, 1.82) is 0 Å². The van der Waals surface area contributed by atoms with Crippen molar-refractivity contribution < 1.29 is 9.47 Å². The highest BCUT2D eigenvalue weighted by Gasteiger charge is 2.15. The van der Waals surface area contributed by atoms with Gasteiger partial charge in [-0.05, 0) is 38.5 Å². The van der Waals surface area contributed by atoms with E-state index in [2.05, 4.69) is 17.6 Å². The zero-order chi connectivity index (χ0) is 17.6. The van der Waals surface area contributed by atoms with Crippen LogP contribution in [0.1, 0.15) is 64.7 Å². The standard InChI is InChI=1S/C20H39N3O2/c1-2-21-20(23-15-18-9-6-4-3-5-7-10-18)22-12-8-13-24-16-19-11-14-25-17-19/h18-19H,2-17H2,1H3,(H2,21,22,23). The smallest absolute Gasteiger partial charge is 0.191 e. The van der Waals surface area contributed by atoms with E-state index < -0.39 is 0 Å². The lowest BCUT2D eigenvalue weighted by atomic mass is 9.91. The molecule has 2 aliphatic rings. The van der Waals surface area contributed by atoms with Crippen molar-refractivity contribution in [2.75, 3.05) is 46.1 Å². The Bertz CT molecular complexity index is 349. The van der Waals surface area contributed by atoms with E-state index in [9.17, 15) is 0 Å². The predicted octanol–water partition coefficient (Wildman–Crippen LogP) is 3.35. The first-order valence-corrected chi connectivity index (χ1v) is 10.6. The van der Waals surface area contributed by atoms with Crippen LogP contribution < -0.4 is 10.6 Å². The first-order valence-electron chi connectivity index (χ1n) is 10.6. The van der Waals surface area contributed by atoms with Crippen molar-refractivity contribution in [1.82, 2.24) is 10.6 Å². The Labute approximate surface area is 154 Å². The number of aliphatic imine (C=N–C) groups is 1. The molecule has 1 saturated carbocycles. The van der Waals surface area contributed by atoms with Crippen LogP contribution in [0.15, 0.2) is 4.99 Å². The van der Waals surface area contributed by atoms with Crippen LogP contribution in [0.5, 0.6) is 0 Å². The van der Waals surface area contributed by atoms with Crippen molar-refractivity contribution in [3.8, 4) is 0 Å². The summed E-state index contributed by atoms with van der Waals surface area (Å²) in [4.78, 5) is 4.83. The second-order valence-electron chi connectivity index (χ2n) is 7.52. The molecule has 1 saturated heterocycles. The maximum absolute atomic E-state index is 5.76. The number of rotatable bonds is 9. The lowest BCUT2D eigenvalue weighted by molar-refractivity contribution is 0.0888. The van der Waals surface area contributed by atoms with Crippen molar-refractivity contribution >= 4 is 5.96 Å². The molecule has 0 aromatic rings. The molecule has 146 valence electrons. The number of ether oxygens (including phenoxy) is 2. The van der Waals surface area contributed by atoms with Crippen LogP contribution in [-0.4, -0.2) is 52.0 Å². The molecule has 1 atom stereocenters. The molecule has 2 rings (SSSR count). The van der Waals surface area contributed by atoms with E-state index in [-0.39, 0.29) is 0 Å². The van der Waals surface area contributed by atoms with Crippen LogP contribution in [0.2, 0.25) is 0 Å². The minimum absolute atomic E-state index is 0.607. The van der Waals surface area contributed by atoms with Crippen molar-refractivity contribution in [3.05, 3.63) is 0 Å². The van der Waals surface area contributed by atoms with Crippen LogP contribution in [0.4, 0.5) is 0 Å². The normalized spacial score (nSPS) is 23.2. The van der Waals surface area contributed by atoms with E-state index in [0.717, 1.165) is 70.8 Å². The molecule has 0 aromatic heterocycles. The molecule has 2 N–H and O–H groups in total. The summed E-state index contributed by atoms with van der Waals surface area (Å²) in [6, 6.07) is 0. The molecule has 1 aliphatic heterocycles. The molecule has 0 amide bonds. The first-order chi connectivity index (χ1) is 12.4. The SMILES string of the molecule is CCNC(=NCC1CCCCCCC1)NCCCOCC1CCOC1. The first kappa shape index (κ1) is 20.5. The monoisotopic (exact) mass is 353 g/mol. The Morgan fingerprint density at radius 2 is 1.84 bits per heavy atom. The average molecular weight is 354 g/mol. The van der Waals surface area contributed by atoms with Crippen molar-refractivity contribution in [3.63, 3.8) is 0 Å². The van der Waals surface area contributed by atoms with Gasteiger partial charge in [0.15, 0.2) is 5.96 Å². The predicted molar refractivity (Wildman–Crippen MR) is 104 cm³/mol. The fourth-order valence-corrected chi connectivity index (χ4v) is 3.63. The van der Waals surface area contributed by atoms with E-state index in [1.807, 2.05) is 0 Å². The Morgan fingerprint density at radius 3 is 2.56 bits per heavy atom. The molecular weight excluding hydrogens is 314 g/mol.